The molecule has 0 radical (unpaired) electrons. The summed E-state index contributed by atoms with van der Waals surface area (Å²) >= 11 is 0. The Kier molecular flexibility index (Phi) is 3.65. The summed E-state index contributed by atoms with van der Waals surface area (Å²) in [6.45, 7) is 6.71. The van der Waals surface area contributed by atoms with E-state index in [1.54, 1.807) is 0 Å². The monoisotopic (exact) mass is 255 g/mol. The van der Waals surface area contributed by atoms with Crippen LogP contribution < -0.4 is 10.2 Å². The minimum absolute atomic E-state index is 0.782. The summed E-state index contributed by atoms with van der Waals surface area (Å²) in [7, 11) is 0. The second kappa shape index (κ2) is 5.57. The molecule has 3 nitrogen and oxygen atoms in total. The summed E-state index contributed by atoms with van der Waals surface area (Å²) in [6, 6.07) is 10.7. The quantitative estimate of drug-likeness (QED) is 0.910. The van der Waals surface area contributed by atoms with Gasteiger partial charge in [0.15, 0.2) is 0 Å². The van der Waals surface area contributed by atoms with Crippen LogP contribution in [-0.4, -0.2) is 31.2 Å². The maximum Gasteiger partial charge on any atom is 0.0703 e. The van der Waals surface area contributed by atoms with Crippen LogP contribution in [0.2, 0.25) is 0 Å². The van der Waals surface area contributed by atoms with Crippen LogP contribution >= 0.6 is 0 Å². The van der Waals surface area contributed by atoms with E-state index in [1.165, 1.54) is 30.6 Å². The number of anilines is 1. The number of benzene rings is 1. The molecule has 2 aromatic rings. The first-order chi connectivity index (χ1) is 9.36. The SMILES string of the molecule is CCNCC1CCN(c2ccc3ncccc3c2)C1. The number of rotatable bonds is 4. The van der Waals surface area contributed by atoms with Crippen molar-refractivity contribution >= 4 is 16.6 Å². The minimum atomic E-state index is 0.782. The summed E-state index contributed by atoms with van der Waals surface area (Å²) < 4.78 is 0. The zero-order valence-corrected chi connectivity index (χ0v) is 11.5. The number of pyridine rings is 1. The molecule has 1 fully saturated rings. The number of hydrogen-bond donors (Lipinski definition) is 1. The Morgan fingerprint density at radius 1 is 1.37 bits per heavy atom. The molecule has 0 bridgehead atoms. The topological polar surface area (TPSA) is 28.2 Å². The Bertz CT molecular complexity index is 552. The lowest BCUT2D eigenvalue weighted by molar-refractivity contribution is 0.528. The van der Waals surface area contributed by atoms with E-state index in [9.17, 15) is 0 Å². The molecule has 3 rings (SSSR count). The Labute approximate surface area is 114 Å². The third kappa shape index (κ3) is 2.71. The average molecular weight is 255 g/mol. The van der Waals surface area contributed by atoms with E-state index in [2.05, 4.69) is 46.4 Å². The highest BCUT2D eigenvalue weighted by molar-refractivity contribution is 5.82. The summed E-state index contributed by atoms with van der Waals surface area (Å²) in [5.74, 6) is 0.782. The number of fused-ring (bicyclic) bond motifs is 1. The fraction of sp³-hybridized carbons (Fsp3) is 0.438. The van der Waals surface area contributed by atoms with Gasteiger partial charge >= 0.3 is 0 Å². The van der Waals surface area contributed by atoms with Gasteiger partial charge in [-0.3, -0.25) is 4.98 Å². The van der Waals surface area contributed by atoms with Gasteiger partial charge in [-0.1, -0.05) is 13.0 Å². The fourth-order valence-corrected chi connectivity index (χ4v) is 2.84. The van der Waals surface area contributed by atoms with Crippen LogP contribution in [0.25, 0.3) is 10.9 Å². The summed E-state index contributed by atoms with van der Waals surface area (Å²) in [4.78, 5) is 6.87. The molecular formula is C16H21N3. The number of nitrogens with zero attached hydrogens (tertiary/aromatic N) is 2. The van der Waals surface area contributed by atoms with Crippen molar-refractivity contribution in [3.05, 3.63) is 36.5 Å². The number of hydrogen-bond acceptors (Lipinski definition) is 3. The Balaban J connectivity index is 1.74. The van der Waals surface area contributed by atoms with Crippen molar-refractivity contribution in [1.29, 1.82) is 0 Å². The molecule has 0 saturated carbocycles. The van der Waals surface area contributed by atoms with E-state index in [0.29, 0.717) is 0 Å². The van der Waals surface area contributed by atoms with Crippen molar-refractivity contribution in [3.63, 3.8) is 0 Å². The lowest BCUT2D eigenvalue weighted by Gasteiger charge is -2.19. The van der Waals surface area contributed by atoms with Gasteiger partial charge in [-0.2, -0.15) is 0 Å². The molecule has 100 valence electrons. The van der Waals surface area contributed by atoms with E-state index in [4.69, 9.17) is 0 Å². The molecule has 1 saturated heterocycles. The molecule has 1 aromatic heterocycles. The predicted molar refractivity (Wildman–Crippen MR) is 80.6 cm³/mol. The van der Waals surface area contributed by atoms with Crippen molar-refractivity contribution in [2.75, 3.05) is 31.1 Å². The highest BCUT2D eigenvalue weighted by Crippen LogP contribution is 2.26. The van der Waals surface area contributed by atoms with Crippen LogP contribution in [0, 0.1) is 5.92 Å². The van der Waals surface area contributed by atoms with Crippen LogP contribution in [0.1, 0.15) is 13.3 Å². The van der Waals surface area contributed by atoms with Crippen LogP contribution in [0.3, 0.4) is 0 Å². The van der Waals surface area contributed by atoms with Crippen LogP contribution in [0.15, 0.2) is 36.5 Å². The molecule has 19 heavy (non-hydrogen) atoms. The van der Waals surface area contributed by atoms with Crippen molar-refractivity contribution in [2.24, 2.45) is 5.92 Å². The maximum absolute atomic E-state index is 4.38. The Morgan fingerprint density at radius 2 is 2.32 bits per heavy atom. The second-order valence-corrected chi connectivity index (χ2v) is 5.29. The van der Waals surface area contributed by atoms with E-state index in [0.717, 1.165) is 24.5 Å². The molecular weight excluding hydrogens is 234 g/mol. The van der Waals surface area contributed by atoms with Crippen molar-refractivity contribution in [3.8, 4) is 0 Å². The third-order valence-corrected chi connectivity index (χ3v) is 3.92. The van der Waals surface area contributed by atoms with Gasteiger partial charge in [-0.25, -0.2) is 0 Å². The first-order valence-corrected chi connectivity index (χ1v) is 7.17. The molecule has 1 aromatic carbocycles. The zero-order valence-electron chi connectivity index (χ0n) is 11.5. The average Bonchev–Trinajstić information content (AvgIpc) is 2.93. The van der Waals surface area contributed by atoms with Crippen LogP contribution in [-0.2, 0) is 0 Å². The standard InChI is InChI=1S/C16H21N3/c1-2-17-11-13-7-9-19(12-13)15-5-6-16-14(10-15)4-3-8-18-16/h3-6,8,10,13,17H,2,7,9,11-12H2,1H3. The van der Waals surface area contributed by atoms with Gasteiger partial charge in [0.1, 0.15) is 0 Å². The van der Waals surface area contributed by atoms with Crippen molar-refractivity contribution < 1.29 is 0 Å². The van der Waals surface area contributed by atoms with E-state index >= 15 is 0 Å². The van der Waals surface area contributed by atoms with E-state index < -0.39 is 0 Å². The molecule has 0 amide bonds. The smallest absolute Gasteiger partial charge is 0.0703 e. The van der Waals surface area contributed by atoms with Crippen LogP contribution in [0.4, 0.5) is 5.69 Å². The lowest BCUT2D eigenvalue weighted by atomic mass is 10.1. The van der Waals surface area contributed by atoms with Gasteiger partial charge in [-0.15, -0.1) is 0 Å². The minimum Gasteiger partial charge on any atom is -0.371 e. The molecule has 1 N–H and O–H groups in total. The van der Waals surface area contributed by atoms with Crippen LogP contribution in [0.5, 0.6) is 0 Å². The van der Waals surface area contributed by atoms with Gasteiger partial charge in [0.05, 0.1) is 5.52 Å². The van der Waals surface area contributed by atoms with Gasteiger partial charge in [-0.05, 0) is 49.7 Å². The first-order valence-electron chi connectivity index (χ1n) is 7.17. The summed E-state index contributed by atoms with van der Waals surface area (Å²) in [6.07, 6.45) is 3.14. The Morgan fingerprint density at radius 3 is 3.21 bits per heavy atom. The molecule has 3 heteroatoms. The molecule has 1 aliphatic heterocycles. The number of aromatic nitrogens is 1. The van der Waals surface area contributed by atoms with Gasteiger partial charge in [0.25, 0.3) is 0 Å². The summed E-state index contributed by atoms with van der Waals surface area (Å²) in [5.41, 5.74) is 2.41. The van der Waals surface area contributed by atoms with Crippen molar-refractivity contribution in [1.82, 2.24) is 10.3 Å². The molecule has 2 heterocycles. The highest BCUT2D eigenvalue weighted by atomic mass is 15.2. The molecule has 1 atom stereocenters. The third-order valence-electron chi connectivity index (χ3n) is 3.92. The second-order valence-electron chi connectivity index (χ2n) is 5.29. The molecule has 0 spiro atoms. The Hall–Kier alpha value is -1.61. The van der Waals surface area contributed by atoms with Gasteiger partial charge < -0.3 is 10.2 Å². The zero-order chi connectivity index (χ0) is 13.1. The molecule has 1 unspecified atom stereocenters. The molecule has 0 aliphatic carbocycles. The molecule has 1 aliphatic rings. The lowest BCUT2D eigenvalue weighted by Crippen LogP contribution is -2.26. The fourth-order valence-electron chi connectivity index (χ4n) is 2.84. The largest absolute Gasteiger partial charge is 0.371 e. The normalized spacial score (nSPS) is 19.2. The highest BCUT2D eigenvalue weighted by Gasteiger charge is 2.22. The predicted octanol–water partition coefficient (Wildman–Crippen LogP) is 2.67. The van der Waals surface area contributed by atoms with E-state index in [1.807, 2.05) is 12.3 Å². The van der Waals surface area contributed by atoms with Crippen molar-refractivity contribution in [2.45, 2.75) is 13.3 Å². The maximum atomic E-state index is 4.38. The number of nitrogens with one attached hydrogen (secondary N) is 1. The first kappa shape index (κ1) is 12.4. The van der Waals surface area contributed by atoms with Gasteiger partial charge in [0, 0.05) is 30.4 Å². The van der Waals surface area contributed by atoms with E-state index in [-0.39, 0.29) is 0 Å². The van der Waals surface area contributed by atoms with Gasteiger partial charge in [0.2, 0.25) is 0 Å². The summed E-state index contributed by atoms with van der Waals surface area (Å²) in [5, 5.41) is 4.69.